The molecule has 0 fully saturated rings. The molecule has 1 rings (SSSR count). The quantitative estimate of drug-likeness (QED) is 0.0809. The van der Waals surface area contributed by atoms with Crippen LogP contribution in [0.2, 0.25) is 0 Å². The molecular weight excluding hydrogens is 576 g/mol. The van der Waals surface area contributed by atoms with Crippen LogP contribution in [0.4, 0.5) is 21.0 Å². The highest BCUT2D eigenvalue weighted by Crippen LogP contribution is 2.16. The molecule has 2 amide bonds. The van der Waals surface area contributed by atoms with E-state index in [1.54, 1.807) is 24.3 Å². The normalized spacial score (nSPS) is 11.3. The highest BCUT2D eigenvalue weighted by molar-refractivity contribution is 5.88. The van der Waals surface area contributed by atoms with Crippen LogP contribution in [0, 0.1) is 0 Å². The van der Waals surface area contributed by atoms with Gasteiger partial charge in [-0.2, -0.15) is 0 Å². The van der Waals surface area contributed by atoms with Crippen molar-refractivity contribution in [3.63, 3.8) is 0 Å². The Morgan fingerprint density at radius 2 is 0.848 bits per heavy atom. The Labute approximate surface area is 282 Å². The number of benzene rings is 1. The Hall–Kier alpha value is -2.32. The maximum atomic E-state index is 12.3. The van der Waals surface area contributed by atoms with Crippen molar-refractivity contribution < 1.29 is 19.1 Å². The molecule has 0 aliphatic heterocycles. The van der Waals surface area contributed by atoms with E-state index in [2.05, 4.69) is 48.4 Å². The van der Waals surface area contributed by atoms with E-state index in [4.69, 9.17) is 9.47 Å². The summed E-state index contributed by atoms with van der Waals surface area (Å²) in [5, 5.41) is 5.49. The van der Waals surface area contributed by atoms with E-state index < -0.39 is 12.2 Å². The van der Waals surface area contributed by atoms with E-state index in [9.17, 15) is 9.59 Å². The monoisotopic (exact) mass is 647 g/mol. The fraction of sp³-hybridized carbons (Fsp3) is 0.789. The molecule has 0 aliphatic rings. The average Bonchev–Trinajstić information content (AvgIpc) is 3.03. The van der Waals surface area contributed by atoms with Crippen LogP contribution >= 0.6 is 0 Å². The molecule has 266 valence electrons. The van der Waals surface area contributed by atoms with Gasteiger partial charge in [0, 0.05) is 24.5 Å². The Kier molecular flexibility index (Phi) is 27.2. The molecule has 46 heavy (non-hydrogen) atoms. The zero-order valence-electron chi connectivity index (χ0n) is 30.2. The molecule has 0 aromatic heterocycles. The second kappa shape index (κ2) is 30.0. The van der Waals surface area contributed by atoms with Gasteiger partial charge in [0.1, 0.15) is 0 Å². The highest BCUT2D eigenvalue weighted by atomic mass is 16.6. The number of amides is 2. The van der Waals surface area contributed by atoms with Gasteiger partial charge in [0.25, 0.3) is 0 Å². The molecule has 1 aromatic carbocycles. The number of nitrogens with one attached hydrogen (secondary N) is 2. The summed E-state index contributed by atoms with van der Waals surface area (Å²) in [6.45, 7) is 9.24. The first kappa shape index (κ1) is 41.7. The number of hydrogen-bond donors (Lipinski definition) is 2. The first-order chi connectivity index (χ1) is 22.4. The van der Waals surface area contributed by atoms with Crippen LogP contribution in [-0.4, -0.2) is 75.5 Å². The molecule has 0 aliphatic carbocycles. The molecule has 1 aromatic rings. The van der Waals surface area contributed by atoms with Gasteiger partial charge in [0.2, 0.25) is 0 Å². The maximum absolute atomic E-state index is 12.3. The summed E-state index contributed by atoms with van der Waals surface area (Å²) in [7, 11) is 4.26. The lowest BCUT2D eigenvalue weighted by Gasteiger charge is -2.16. The number of hydrogen-bond acceptors (Lipinski definition) is 6. The third kappa shape index (κ3) is 25.8. The van der Waals surface area contributed by atoms with Gasteiger partial charge in [-0.05, 0) is 71.1 Å². The van der Waals surface area contributed by atoms with Crippen molar-refractivity contribution in [1.29, 1.82) is 0 Å². The standard InChI is InChI=1S/C38H70N4O4/c1-5-7-9-11-13-15-17-19-21-28-41(3)30-24-32-45-37(43)39-35-26-23-27-36(34-35)40-38(44)46-33-25-31-42(4)29-22-20-18-16-14-12-10-8-6-2/h23,26-27,34H,5-22,24-25,28-33H2,1-4H3,(H,39,43)(H,40,44). The van der Waals surface area contributed by atoms with E-state index in [0.717, 1.165) is 39.0 Å². The van der Waals surface area contributed by atoms with Crippen LogP contribution in [0.15, 0.2) is 24.3 Å². The second-order valence-electron chi connectivity index (χ2n) is 13.1. The van der Waals surface area contributed by atoms with Crippen LogP contribution in [0.25, 0.3) is 0 Å². The third-order valence-electron chi connectivity index (χ3n) is 8.48. The SMILES string of the molecule is CCCCCCCCCCCN(C)CCCOC(=O)Nc1cccc(NC(=O)OCCCN(C)CCCCCCCCCCC)c1. The van der Waals surface area contributed by atoms with E-state index in [1.807, 2.05) is 0 Å². The largest absolute Gasteiger partial charge is 0.449 e. The number of nitrogens with zero attached hydrogens (tertiary/aromatic N) is 2. The Morgan fingerprint density at radius 1 is 0.522 bits per heavy atom. The minimum Gasteiger partial charge on any atom is -0.449 e. The molecule has 2 N–H and O–H groups in total. The van der Waals surface area contributed by atoms with E-state index >= 15 is 0 Å². The molecule has 0 saturated carbocycles. The van der Waals surface area contributed by atoms with Gasteiger partial charge in [-0.25, -0.2) is 9.59 Å². The molecule has 0 radical (unpaired) electrons. The van der Waals surface area contributed by atoms with Gasteiger partial charge >= 0.3 is 12.2 Å². The summed E-state index contributed by atoms with van der Waals surface area (Å²) in [6, 6.07) is 7.00. The van der Waals surface area contributed by atoms with Gasteiger partial charge in [0.05, 0.1) is 13.2 Å². The maximum Gasteiger partial charge on any atom is 0.411 e. The smallest absolute Gasteiger partial charge is 0.411 e. The highest BCUT2D eigenvalue weighted by Gasteiger charge is 2.08. The lowest BCUT2D eigenvalue weighted by Crippen LogP contribution is -2.23. The van der Waals surface area contributed by atoms with E-state index in [1.165, 1.54) is 116 Å². The van der Waals surface area contributed by atoms with Crippen LogP contribution < -0.4 is 10.6 Å². The van der Waals surface area contributed by atoms with Crippen molar-refractivity contribution >= 4 is 23.6 Å². The van der Waals surface area contributed by atoms with Crippen LogP contribution in [0.1, 0.15) is 142 Å². The summed E-state index contributed by atoms with van der Waals surface area (Å²) < 4.78 is 10.7. The summed E-state index contributed by atoms with van der Waals surface area (Å²) >= 11 is 0. The van der Waals surface area contributed by atoms with Crippen molar-refractivity contribution in [3.8, 4) is 0 Å². The summed E-state index contributed by atoms with van der Waals surface area (Å²) in [4.78, 5) is 29.2. The fourth-order valence-corrected chi connectivity index (χ4v) is 5.59. The molecule has 0 atom stereocenters. The summed E-state index contributed by atoms with van der Waals surface area (Å²) in [5.74, 6) is 0. The summed E-state index contributed by atoms with van der Waals surface area (Å²) in [6.07, 6.45) is 24.7. The van der Waals surface area contributed by atoms with Crippen molar-refractivity contribution in [3.05, 3.63) is 24.3 Å². The molecule has 0 bridgehead atoms. The molecule has 0 unspecified atom stereocenters. The number of carbonyl (C=O) groups is 2. The number of ether oxygens (including phenoxy) is 2. The third-order valence-corrected chi connectivity index (χ3v) is 8.48. The predicted molar refractivity (Wildman–Crippen MR) is 195 cm³/mol. The Balaban J connectivity index is 2.08. The van der Waals surface area contributed by atoms with Crippen molar-refractivity contribution in [2.24, 2.45) is 0 Å². The Morgan fingerprint density at radius 3 is 1.22 bits per heavy atom. The van der Waals surface area contributed by atoms with Crippen LogP contribution in [0.5, 0.6) is 0 Å². The number of anilines is 2. The van der Waals surface area contributed by atoms with Crippen molar-refractivity contribution in [2.45, 2.75) is 142 Å². The van der Waals surface area contributed by atoms with Gasteiger partial charge in [-0.3, -0.25) is 10.6 Å². The topological polar surface area (TPSA) is 83.1 Å². The molecule has 8 nitrogen and oxygen atoms in total. The van der Waals surface area contributed by atoms with Gasteiger partial charge in [-0.1, -0.05) is 123 Å². The van der Waals surface area contributed by atoms with Crippen molar-refractivity contribution in [1.82, 2.24) is 9.80 Å². The Bertz CT molecular complexity index is 804. The average molecular weight is 647 g/mol. The summed E-state index contributed by atoms with van der Waals surface area (Å²) in [5.41, 5.74) is 1.12. The van der Waals surface area contributed by atoms with Gasteiger partial charge in [0.15, 0.2) is 0 Å². The molecule has 0 heterocycles. The molecule has 0 saturated heterocycles. The first-order valence-corrected chi connectivity index (χ1v) is 18.8. The van der Waals surface area contributed by atoms with Crippen LogP contribution in [0.3, 0.4) is 0 Å². The lowest BCUT2D eigenvalue weighted by atomic mass is 10.1. The first-order valence-electron chi connectivity index (χ1n) is 18.8. The minimum atomic E-state index is -0.493. The minimum absolute atomic E-state index is 0.368. The number of rotatable bonds is 30. The van der Waals surface area contributed by atoms with Gasteiger partial charge < -0.3 is 19.3 Å². The fourth-order valence-electron chi connectivity index (χ4n) is 5.59. The zero-order chi connectivity index (χ0) is 33.5. The van der Waals surface area contributed by atoms with Gasteiger partial charge in [-0.15, -0.1) is 0 Å². The predicted octanol–water partition coefficient (Wildman–Crippen LogP) is 10.5. The molecular formula is C38H70N4O4. The molecule has 8 heteroatoms. The number of unbranched alkanes of at least 4 members (excludes halogenated alkanes) is 16. The van der Waals surface area contributed by atoms with E-state index in [0.29, 0.717) is 24.6 Å². The second-order valence-corrected chi connectivity index (χ2v) is 13.1. The van der Waals surface area contributed by atoms with Crippen molar-refractivity contribution in [2.75, 3.05) is 64.1 Å². The van der Waals surface area contributed by atoms with Crippen LogP contribution in [-0.2, 0) is 9.47 Å². The van der Waals surface area contributed by atoms with E-state index in [-0.39, 0.29) is 0 Å². The lowest BCUT2D eigenvalue weighted by molar-refractivity contribution is 0.154. The zero-order valence-corrected chi connectivity index (χ0v) is 30.2. The molecule has 0 spiro atoms. The number of carbonyl (C=O) groups excluding carboxylic acids is 2.